The third-order valence-corrected chi connectivity index (χ3v) is 5.71. The zero-order chi connectivity index (χ0) is 18.1. The van der Waals surface area contributed by atoms with Gasteiger partial charge in [-0.15, -0.1) is 0 Å². The number of carbonyl (C=O) groups is 2. The van der Waals surface area contributed by atoms with Gasteiger partial charge in [-0.3, -0.25) is 14.6 Å². The van der Waals surface area contributed by atoms with Crippen molar-refractivity contribution in [2.75, 3.05) is 13.1 Å². The van der Waals surface area contributed by atoms with Crippen LogP contribution < -0.4 is 5.32 Å². The molecule has 0 bridgehead atoms. The molecule has 1 N–H and O–H groups in total. The van der Waals surface area contributed by atoms with Crippen molar-refractivity contribution in [3.8, 4) is 0 Å². The summed E-state index contributed by atoms with van der Waals surface area (Å²) in [5.41, 5.74) is 1.59. The first-order valence-corrected chi connectivity index (χ1v) is 9.17. The van der Waals surface area contributed by atoms with Crippen LogP contribution in [0.2, 0.25) is 5.02 Å². The van der Waals surface area contributed by atoms with E-state index in [0.717, 1.165) is 18.4 Å². The molecule has 6 heteroatoms. The van der Waals surface area contributed by atoms with Crippen LogP contribution in [0.1, 0.15) is 28.8 Å². The minimum atomic E-state index is -0.0406. The maximum atomic E-state index is 12.6. The van der Waals surface area contributed by atoms with Crippen molar-refractivity contribution < 1.29 is 9.59 Å². The van der Waals surface area contributed by atoms with Gasteiger partial charge in [-0.2, -0.15) is 0 Å². The molecule has 2 unspecified atom stereocenters. The Morgan fingerprint density at radius 1 is 1.27 bits per heavy atom. The van der Waals surface area contributed by atoms with E-state index < -0.39 is 0 Å². The van der Waals surface area contributed by atoms with Crippen LogP contribution in [0.4, 0.5) is 0 Å². The van der Waals surface area contributed by atoms with Gasteiger partial charge < -0.3 is 10.2 Å². The highest BCUT2D eigenvalue weighted by molar-refractivity contribution is 6.30. The van der Waals surface area contributed by atoms with Gasteiger partial charge in [-0.25, -0.2) is 0 Å². The lowest BCUT2D eigenvalue weighted by Crippen LogP contribution is -2.31. The Balaban J connectivity index is 1.33. The van der Waals surface area contributed by atoms with Gasteiger partial charge in [0.15, 0.2) is 0 Å². The van der Waals surface area contributed by atoms with E-state index in [9.17, 15) is 9.59 Å². The number of hydrogen-bond donors (Lipinski definition) is 1. The number of amides is 2. The lowest BCUT2D eigenvalue weighted by atomic mass is 10.0. The summed E-state index contributed by atoms with van der Waals surface area (Å²) in [5, 5.41) is 3.61. The van der Waals surface area contributed by atoms with E-state index in [4.69, 9.17) is 11.6 Å². The van der Waals surface area contributed by atoms with Crippen LogP contribution in [0, 0.1) is 11.3 Å². The second kappa shape index (κ2) is 6.72. The normalized spacial score (nSPS) is 23.9. The molecule has 1 aromatic heterocycles. The van der Waals surface area contributed by atoms with E-state index in [0.29, 0.717) is 30.2 Å². The van der Waals surface area contributed by atoms with Gasteiger partial charge >= 0.3 is 0 Å². The summed E-state index contributed by atoms with van der Waals surface area (Å²) in [5.74, 6) is 0.0943. The molecule has 5 nitrogen and oxygen atoms in total. The molecule has 1 saturated carbocycles. The molecule has 2 fully saturated rings. The first-order valence-electron chi connectivity index (χ1n) is 8.79. The van der Waals surface area contributed by atoms with Gasteiger partial charge in [-0.05, 0) is 48.7 Å². The van der Waals surface area contributed by atoms with E-state index in [-0.39, 0.29) is 23.1 Å². The van der Waals surface area contributed by atoms with E-state index in [1.807, 2.05) is 17.0 Å². The molecule has 1 spiro atoms. The topological polar surface area (TPSA) is 62.3 Å². The van der Waals surface area contributed by atoms with Crippen molar-refractivity contribution in [3.63, 3.8) is 0 Å². The van der Waals surface area contributed by atoms with Gasteiger partial charge in [0, 0.05) is 53.9 Å². The standard InChI is InChI=1S/C20H20ClN3O2/c21-16-5-3-15(4-6-16)19(26)24-9-7-20(13-24)10-17(20)18(25)23-12-14-2-1-8-22-11-14/h1-6,8,11,17H,7,9-10,12-13H2,(H,23,25). The number of halogens is 1. The molecular formula is C20H20ClN3O2. The minimum absolute atomic E-state index is 0.00203. The molecule has 1 aliphatic carbocycles. The molecule has 1 saturated heterocycles. The average Bonchev–Trinajstić information content (AvgIpc) is 3.20. The number of hydrogen-bond acceptors (Lipinski definition) is 3. The fraction of sp³-hybridized carbons (Fsp3) is 0.350. The van der Waals surface area contributed by atoms with Crippen molar-refractivity contribution >= 4 is 23.4 Å². The second-order valence-corrected chi connectivity index (χ2v) is 7.62. The number of nitrogens with zero attached hydrogens (tertiary/aromatic N) is 2. The summed E-state index contributed by atoms with van der Waals surface area (Å²) in [7, 11) is 0. The quantitative estimate of drug-likeness (QED) is 0.901. The molecule has 0 radical (unpaired) electrons. The lowest BCUT2D eigenvalue weighted by Gasteiger charge is -2.17. The average molecular weight is 370 g/mol. The third-order valence-electron chi connectivity index (χ3n) is 5.46. The molecule has 2 atom stereocenters. The Labute approximate surface area is 157 Å². The Kier molecular flexibility index (Phi) is 4.41. The highest BCUT2D eigenvalue weighted by Crippen LogP contribution is 2.58. The largest absolute Gasteiger partial charge is 0.352 e. The summed E-state index contributed by atoms with van der Waals surface area (Å²) >= 11 is 5.89. The Bertz CT molecular complexity index is 825. The van der Waals surface area contributed by atoms with E-state index in [2.05, 4.69) is 10.3 Å². The molecule has 26 heavy (non-hydrogen) atoms. The summed E-state index contributed by atoms with van der Waals surface area (Å²) in [6.07, 6.45) is 5.21. The monoisotopic (exact) mass is 369 g/mol. The molecule has 2 aliphatic rings. The van der Waals surface area contributed by atoms with Crippen LogP contribution in [-0.4, -0.2) is 34.8 Å². The van der Waals surface area contributed by atoms with Crippen LogP contribution >= 0.6 is 11.6 Å². The summed E-state index contributed by atoms with van der Waals surface area (Å²) < 4.78 is 0. The summed E-state index contributed by atoms with van der Waals surface area (Å²) in [6.45, 7) is 1.85. The molecule has 4 rings (SSSR count). The first-order chi connectivity index (χ1) is 12.6. The smallest absolute Gasteiger partial charge is 0.253 e. The molecule has 2 amide bonds. The SMILES string of the molecule is O=C(NCc1cccnc1)C1CC12CCN(C(=O)c1ccc(Cl)cc1)C2. The predicted molar refractivity (Wildman–Crippen MR) is 98.6 cm³/mol. The van der Waals surface area contributed by atoms with Gasteiger partial charge in [-0.1, -0.05) is 17.7 Å². The molecule has 1 aliphatic heterocycles. The molecule has 1 aromatic carbocycles. The summed E-state index contributed by atoms with van der Waals surface area (Å²) in [6, 6.07) is 10.8. The molecule has 2 aromatic rings. The fourth-order valence-electron chi connectivity index (χ4n) is 3.83. The number of benzene rings is 1. The van der Waals surface area contributed by atoms with E-state index in [1.165, 1.54) is 0 Å². The molecular weight excluding hydrogens is 350 g/mol. The van der Waals surface area contributed by atoms with Gasteiger partial charge in [0.1, 0.15) is 0 Å². The van der Waals surface area contributed by atoms with Crippen molar-refractivity contribution in [3.05, 3.63) is 64.9 Å². The van der Waals surface area contributed by atoms with Crippen molar-refractivity contribution in [1.82, 2.24) is 15.2 Å². The van der Waals surface area contributed by atoms with Gasteiger partial charge in [0.05, 0.1) is 0 Å². The first kappa shape index (κ1) is 17.0. The number of likely N-dealkylation sites (tertiary alicyclic amines) is 1. The Morgan fingerprint density at radius 3 is 2.81 bits per heavy atom. The second-order valence-electron chi connectivity index (χ2n) is 7.18. The van der Waals surface area contributed by atoms with E-state index in [1.54, 1.807) is 36.7 Å². The maximum Gasteiger partial charge on any atom is 0.253 e. The van der Waals surface area contributed by atoms with Gasteiger partial charge in [0.2, 0.25) is 5.91 Å². The van der Waals surface area contributed by atoms with Crippen molar-refractivity contribution in [2.24, 2.45) is 11.3 Å². The highest BCUT2D eigenvalue weighted by Gasteiger charge is 2.61. The molecule has 134 valence electrons. The zero-order valence-corrected chi connectivity index (χ0v) is 15.1. The van der Waals surface area contributed by atoms with E-state index >= 15 is 0 Å². The number of rotatable bonds is 4. The fourth-order valence-corrected chi connectivity index (χ4v) is 3.95. The predicted octanol–water partition coefficient (Wildman–Crippen LogP) is 2.90. The van der Waals surface area contributed by atoms with Crippen LogP contribution in [0.25, 0.3) is 0 Å². The summed E-state index contributed by atoms with van der Waals surface area (Å²) in [4.78, 5) is 31.0. The van der Waals surface area contributed by atoms with Crippen LogP contribution in [0.15, 0.2) is 48.8 Å². The maximum absolute atomic E-state index is 12.6. The third kappa shape index (κ3) is 3.31. The molecule has 2 heterocycles. The van der Waals surface area contributed by atoms with Crippen LogP contribution in [0.3, 0.4) is 0 Å². The number of pyridine rings is 1. The van der Waals surface area contributed by atoms with Crippen LogP contribution in [-0.2, 0) is 11.3 Å². The van der Waals surface area contributed by atoms with Crippen molar-refractivity contribution in [1.29, 1.82) is 0 Å². The zero-order valence-electron chi connectivity index (χ0n) is 14.3. The number of nitrogens with one attached hydrogen (secondary N) is 1. The minimum Gasteiger partial charge on any atom is -0.352 e. The number of carbonyl (C=O) groups excluding carboxylic acids is 2. The Hall–Kier alpha value is -2.40. The highest BCUT2D eigenvalue weighted by atomic mass is 35.5. The van der Waals surface area contributed by atoms with Crippen molar-refractivity contribution in [2.45, 2.75) is 19.4 Å². The van der Waals surface area contributed by atoms with Gasteiger partial charge in [0.25, 0.3) is 5.91 Å². The lowest BCUT2D eigenvalue weighted by molar-refractivity contribution is -0.123. The number of aromatic nitrogens is 1. The van der Waals surface area contributed by atoms with Crippen LogP contribution in [0.5, 0.6) is 0 Å². The Morgan fingerprint density at radius 2 is 2.08 bits per heavy atom.